The molecule has 0 spiro atoms. The van der Waals surface area contributed by atoms with E-state index in [1.165, 1.54) is 12.1 Å². The number of benzene rings is 2. The average Bonchev–Trinajstić information content (AvgIpc) is 2.40. The molecule has 2 N–H and O–H groups in total. The summed E-state index contributed by atoms with van der Waals surface area (Å²) >= 11 is 0. The minimum Gasteiger partial charge on any atom is -0.457 e. The zero-order valence-corrected chi connectivity index (χ0v) is 10.8. The van der Waals surface area contributed by atoms with E-state index in [0.717, 1.165) is 17.7 Å². The Kier molecular flexibility index (Phi) is 3.98. The summed E-state index contributed by atoms with van der Waals surface area (Å²) in [6.07, 6.45) is 0. The van der Waals surface area contributed by atoms with Crippen LogP contribution in [0.4, 0.5) is 14.5 Å². The van der Waals surface area contributed by atoms with Gasteiger partial charge in [-0.2, -0.15) is 0 Å². The minimum absolute atomic E-state index is 0.111. The average molecular weight is 277 g/mol. The van der Waals surface area contributed by atoms with Crippen molar-refractivity contribution in [3.8, 4) is 0 Å². The van der Waals surface area contributed by atoms with Gasteiger partial charge >= 0.3 is 5.97 Å². The van der Waals surface area contributed by atoms with Crippen molar-refractivity contribution >= 4 is 11.7 Å². The third-order valence-corrected chi connectivity index (χ3v) is 2.89. The highest BCUT2D eigenvalue weighted by molar-refractivity contribution is 5.90. The standard InChI is InChI=1S/C15H13F2NO2/c1-9-2-3-10(6-14(9)18)15(19)20-8-11-4-5-12(16)7-13(11)17/h2-7H,8,18H2,1H3. The third kappa shape index (κ3) is 3.12. The Bertz CT molecular complexity index is 656. The Hall–Kier alpha value is -2.43. The number of nitrogens with two attached hydrogens (primary N) is 1. The third-order valence-electron chi connectivity index (χ3n) is 2.89. The molecule has 0 bridgehead atoms. The van der Waals surface area contributed by atoms with Crippen molar-refractivity contribution < 1.29 is 18.3 Å². The van der Waals surface area contributed by atoms with E-state index in [2.05, 4.69) is 0 Å². The van der Waals surface area contributed by atoms with Gasteiger partial charge in [-0.1, -0.05) is 6.07 Å². The van der Waals surface area contributed by atoms with E-state index < -0.39 is 17.6 Å². The quantitative estimate of drug-likeness (QED) is 0.692. The van der Waals surface area contributed by atoms with Gasteiger partial charge in [0.05, 0.1) is 5.56 Å². The van der Waals surface area contributed by atoms with Crippen LogP contribution in [-0.2, 0) is 11.3 Å². The maximum Gasteiger partial charge on any atom is 0.338 e. The number of anilines is 1. The van der Waals surface area contributed by atoms with Gasteiger partial charge in [-0.05, 0) is 36.8 Å². The summed E-state index contributed by atoms with van der Waals surface area (Å²) in [5, 5.41) is 0. The van der Waals surface area contributed by atoms with Crippen LogP contribution in [-0.4, -0.2) is 5.97 Å². The van der Waals surface area contributed by atoms with Crippen LogP contribution in [0.2, 0.25) is 0 Å². The van der Waals surface area contributed by atoms with Crippen LogP contribution < -0.4 is 5.73 Å². The number of hydrogen-bond donors (Lipinski definition) is 1. The second kappa shape index (κ2) is 5.69. The van der Waals surface area contributed by atoms with Crippen LogP contribution in [0.1, 0.15) is 21.5 Å². The molecule has 0 aromatic heterocycles. The van der Waals surface area contributed by atoms with E-state index in [1.54, 1.807) is 12.1 Å². The van der Waals surface area contributed by atoms with E-state index >= 15 is 0 Å². The lowest BCUT2D eigenvalue weighted by molar-refractivity contribution is 0.0469. The number of carbonyl (C=O) groups is 1. The highest BCUT2D eigenvalue weighted by Crippen LogP contribution is 2.15. The SMILES string of the molecule is Cc1ccc(C(=O)OCc2ccc(F)cc2F)cc1N. The summed E-state index contributed by atoms with van der Waals surface area (Å²) in [5.74, 6) is -2.04. The predicted molar refractivity (Wildman–Crippen MR) is 71.1 cm³/mol. The number of esters is 1. The second-order valence-corrected chi connectivity index (χ2v) is 4.38. The lowest BCUT2D eigenvalue weighted by Crippen LogP contribution is -2.07. The van der Waals surface area contributed by atoms with Gasteiger partial charge in [-0.25, -0.2) is 13.6 Å². The number of aryl methyl sites for hydroxylation is 1. The van der Waals surface area contributed by atoms with E-state index in [9.17, 15) is 13.6 Å². The van der Waals surface area contributed by atoms with Crippen molar-refractivity contribution in [2.45, 2.75) is 13.5 Å². The van der Waals surface area contributed by atoms with Gasteiger partial charge in [0.2, 0.25) is 0 Å². The van der Waals surface area contributed by atoms with Gasteiger partial charge in [0.15, 0.2) is 0 Å². The van der Waals surface area contributed by atoms with Crippen LogP contribution in [0.3, 0.4) is 0 Å². The van der Waals surface area contributed by atoms with E-state index in [1.807, 2.05) is 6.92 Å². The molecule has 0 heterocycles. The van der Waals surface area contributed by atoms with Crippen LogP contribution in [0.25, 0.3) is 0 Å². The Morgan fingerprint density at radius 2 is 1.95 bits per heavy atom. The molecule has 0 aliphatic carbocycles. The minimum atomic E-state index is -0.749. The van der Waals surface area contributed by atoms with Crippen molar-refractivity contribution in [2.75, 3.05) is 5.73 Å². The van der Waals surface area contributed by atoms with Gasteiger partial charge in [-0.15, -0.1) is 0 Å². The van der Waals surface area contributed by atoms with Gasteiger partial charge in [-0.3, -0.25) is 0 Å². The summed E-state index contributed by atoms with van der Waals surface area (Å²) < 4.78 is 31.1. The first-order valence-corrected chi connectivity index (χ1v) is 5.94. The summed E-state index contributed by atoms with van der Waals surface area (Å²) in [6.45, 7) is 1.55. The molecule has 0 aliphatic rings. The van der Waals surface area contributed by atoms with Crippen LogP contribution in [0, 0.1) is 18.6 Å². The molecule has 0 unspecified atom stereocenters. The first kappa shape index (κ1) is 14.0. The Balaban J connectivity index is 2.06. The number of hydrogen-bond acceptors (Lipinski definition) is 3. The fraction of sp³-hybridized carbons (Fsp3) is 0.133. The topological polar surface area (TPSA) is 52.3 Å². The molecule has 0 atom stereocenters. The molecule has 104 valence electrons. The maximum absolute atomic E-state index is 13.4. The number of ether oxygens (including phenoxy) is 1. The van der Waals surface area contributed by atoms with Crippen molar-refractivity contribution in [1.82, 2.24) is 0 Å². The Morgan fingerprint density at radius 1 is 1.20 bits per heavy atom. The van der Waals surface area contributed by atoms with Gasteiger partial charge < -0.3 is 10.5 Å². The fourth-order valence-electron chi connectivity index (χ4n) is 1.63. The molecule has 0 saturated carbocycles. The van der Waals surface area contributed by atoms with E-state index in [-0.39, 0.29) is 17.7 Å². The smallest absolute Gasteiger partial charge is 0.338 e. The monoisotopic (exact) mass is 277 g/mol. The van der Waals surface area contributed by atoms with Gasteiger partial charge in [0.25, 0.3) is 0 Å². The molecular weight excluding hydrogens is 264 g/mol. The number of halogens is 2. The molecule has 0 radical (unpaired) electrons. The molecule has 2 aromatic rings. The molecule has 0 saturated heterocycles. The summed E-state index contributed by atoms with van der Waals surface area (Å²) in [6, 6.07) is 7.86. The first-order valence-electron chi connectivity index (χ1n) is 5.94. The number of nitrogen functional groups attached to an aromatic ring is 1. The summed E-state index contributed by atoms with van der Waals surface area (Å²) in [5.41, 5.74) is 7.43. The largest absolute Gasteiger partial charge is 0.457 e. The Labute approximate surface area is 115 Å². The lowest BCUT2D eigenvalue weighted by atomic mass is 10.1. The number of carbonyl (C=O) groups excluding carboxylic acids is 1. The molecule has 0 amide bonds. The van der Waals surface area contributed by atoms with Crippen LogP contribution in [0.5, 0.6) is 0 Å². The fourth-order valence-corrected chi connectivity index (χ4v) is 1.63. The van der Waals surface area contributed by atoms with E-state index in [0.29, 0.717) is 5.69 Å². The van der Waals surface area contributed by atoms with Gasteiger partial charge in [0, 0.05) is 17.3 Å². The molecule has 0 fully saturated rings. The highest BCUT2D eigenvalue weighted by atomic mass is 19.1. The van der Waals surface area contributed by atoms with Crippen molar-refractivity contribution in [2.24, 2.45) is 0 Å². The Morgan fingerprint density at radius 3 is 2.60 bits per heavy atom. The summed E-state index contributed by atoms with van der Waals surface area (Å²) in [4.78, 5) is 11.8. The molecule has 3 nitrogen and oxygen atoms in total. The molecule has 0 aliphatic heterocycles. The summed E-state index contributed by atoms with van der Waals surface area (Å²) in [7, 11) is 0. The lowest BCUT2D eigenvalue weighted by Gasteiger charge is -2.07. The zero-order valence-electron chi connectivity index (χ0n) is 10.8. The maximum atomic E-state index is 13.4. The van der Waals surface area contributed by atoms with Crippen LogP contribution >= 0.6 is 0 Å². The molecule has 5 heteroatoms. The molecular formula is C15H13F2NO2. The van der Waals surface area contributed by atoms with Crippen molar-refractivity contribution in [3.63, 3.8) is 0 Å². The normalized spacial score (nSPS) is 10.3. The molecule has 2 aromatic carbocycles. The second-order valence-electron chi connectivity index (χ2n) is 4.38. The zero-order chi connectivity index (χ0) is 14.7. The van der Waals surface area contributed by atoms with Crippen molar-refractivity contribution in [3.05, 3.63) is 64.7 Å². The highest BCUT2D eigenvalue weighted by Gasteiger charge is 2.11. The number of rotatable bonds is 3. The van der Waals surface area contributed by atoms with Crippen molar-refractivity contribution in [1.29, 1.82) is 0 Å². The van der Waals surface area contributed by atoms with E-state index in [4.69, 9.17) is 10.5 Å². The molecule has 20 heavy (non-hydrogen) atoms. The molecule has 2 rings (SSSR count). The van der Waals surface area contributed by atoms with Crippen LogP contribution in [0.15, 0.2) is 36.4 Å². The predicted octanol–water partition coefficient (Wildman–Crippen LogP) is 3.21. The first-order chi connectivity index (χ1) is 9.47. The van der Waals surface area contributed by atoms with Gasteiger partial charge in [0.1, 0.15) is 18.2 Å².